The predicted molar refractivity (Wildman–Crippen MR) is 113 cm³/mol. The van der Waals surface area contributed by atoms with Crippen molar-refractivity contribution in [2.45, 2.75) is 31.9 Å². The van der Waals surface area contributed by atoms with Crippen LogP contribution in [0.1, 0.15) is 41.4 Å². The molecule has 0 saturated heterocycles. The van der Waals surface area contributed by atoms with Crippen LogP contribution in [0.15, 0.2) is 60.9 Å². The van der Waals surface area contributed by atoms with E-state index in [1.54, 1.807) is 10.8 Å². The number of rotatable bonds is 7. The van der Waals surface area contributed by atoms with Crippen LogP contribution < -0.4 is 0 Å². The maximum absolute atomic E-state index is 11.3. The van der Waals surface area contributed by atoms with Crippen LogP contribution in [0.2, 0.25) is 0 Å². The van der Waals surface area contributed by atoms with Gasteiger partial charge in [-0.3, -0.25) is 0 Å². The van der Waals surface area contributed by atoms with Crippen molar-refractivity contribution in [1.82, 2.24) is 9.55 Å². The lowest BCUT2D eigenvalue weighted by Crippen LogP contribution is -2.35. The van der Waals surface area contributed by atoms with Gasteiger partial charge in [-0.1, -0.05) is 36.1 Å². The topological polar surface area (TPSA) is 95.6 Å². The summed E-state index contributed by atoms with van der Waals surface area (Å²) in [5.74, 6) is 5.01. The van der Waals surface area contributed by atoms with Gasteiger partial charge in [-0.15, -0.1) is 0 Å². The fourth-order valence-electron chi connectivity index (χ4n) is 3.03. The summed E-state index contributed by atoms with van der Waals surface area (Å²) >= 11 is 0. The highest BCUT2D eigenvalue weighted by Gasteiger charge is 2.36. The fraction of sp³-hybridized carbons (Fsp3) is 0.250. The van der Waals surface area contributed by atoms with Crippen molar-refractivity contribution in [2.24, 2.45) is 0 Å². The Hall–Kier alpha value is -3.40. The van der Waals surface area contributed by atoms with E-state index >= 15 is 0 Å². The molecule has 3 N–H and O–H groups in total. The number of hydrogen-bond acceptors (Lipinski definition) is 4. The van der Waals surface area contributed by atoms with E-state index in [4.69, 9.17) is 5.11 Å². The van der Waals surface area contributed by atoms with Gasteiger partial charge >= 0.3 is 5.97 Å². The maximum Gasteiger partial charge on any atom is 0.343 e. The molecule has 2 aromatic carbocycles. The molecule has 0 radical (unpaired) electrons. The van der Waals surface area contributed by atoms with Gasteiger partial charge in [0.15, 0.2) is 5.82 Å². The van der Waals surface area contributed by atoms with E-state index in [1.165, 1.54) is 18.7 Å². The minimum absolute atomic E-state index is 0.0845. The van der Waals surface area contributed by atoms with E-state index in [1.807, 2.05) is 48.5 Å². The summed E-state index contributed by atoms with van der Waals surface area (Å²) in [6.07, 6.45) is 4.73. The van der Waals surface area contributed by atoms with Crippen molar-refractivity contribution >= 4 is 5.97 Å². The number of aliphatic carboxylic acids is 1. The Labute approximate surface area is 175 Å². The lowest BCUT2D eigenvalue weighted by molar-refractivity contribution is -0.158. The van der Waals surface area contributed by atoms with Crippen molar-refractivity contribution in [1.29, 1.82) is 0 Å². The number of benzene rings is 2. The van der Waals surface area contributed by atoms with E-state index in [-0.39, 0.29) is 12.4 Å². The van der Waals surface area contributed by atoms with Gasteiger partial charge in [-0.2, -0.15) is 0 Å². The van der Waals surface area contributed by atoms with Crippen LogP contribution in [0.4, 0.5) is 0 Å². The Morgan fingerprint density at radius 3 is 2.13 bits per heavy atom. The third-order valence-corrected chi connectivity index (χ3v) is 4.80. The molecule has 0 aliphatic heterocycles. The molecule has 0 bridgehead atoms. The average molecular weight is 404 g/mol. The zero-order valence-corrected chi connectivity index (χ0v) is 16.7. The van der Waals surface area contributed by atoms with Crippen molar-refractivity contribution in [3.63, 3.8) is 0 Å². The molecular formula is C24H24N2O4. The first-order chi connectivity index (χ1) is 14.4. The molecule has 1 heterocycles. The van der Waals surface area contributed by atoms with E-state index < -0.39 is 11.6 Å². The lowest BCUT2D eigenvalue weighted by Gasteiger charge is -2.19. The summed E-state index contributed by atoms with van der Waals surface area (Å²) in [6, 6.07) is 15.7. The number of carbonyl (C=O) groups is 1. The number of carboxylic acids is 1. The molecule has 0 amide bonds. The molecule has 1 aromatic heterocycles. The van der Waals surface area contributed by atoms with Gasteiger partial charge in [0.25, 0.3) is 0 Å². The Morgan fingerprint density at radius 2 is 1.60 bits per heavy atom. The van der Waals surface area contributed by atoms with Crippen LogP contribution in [-0.2, 0) is 23.4 Å². The second-order valence-electron chi connectivity index (χ2n) is 7.23. The van der Waals surface area contributed by atoms with Crippen molar-refractivity contribution in [3.05, 3.63) is 89.0 Å². The molecule has 0 aliphatic carbocycles. The van der Waals surface area contributed by atoms with Crippen LogP contribution in [0.5, 0.6) is 0 Å². The summed E-state index contributed by atoms with van der Waals surface area (Å²) in [7, 11) is 0. The Bertz CT molecular complexity index is 1060. The number of carboxylic acid groups (broad SMARTS) is 1. The Kier molecular flexibility index (Phi) is 6.68. The minimum Gasteiger partial charge on any atom is -0.479 e. The summed E-state index contributed by atoms with van der Waals surface area (Å²) in [5.41, 5.74) is 1.86. The SMILES string of the molecule is CC(O)(C(=O)O)c1nccn1Cc1ccc(C#Cc2ccc(CCCO)cc2)cc1. The average Bonchev–Trinajstić information content (AvgIpc) is 3.21. The highest BCUT2D eigenvalue weighted by atomic mass is 16.4. The largest absolute Gasteiger partial charge is 0.479 e. The summed E-state index contributed by atoms with van der Waals surface area (Å²) in [4.78, 5) is 15.3. The van der Waals surface area contributed by atoms with E-state index in [0.717, 1.165) is 29.5 Å². The first-order valence-electron chi connectivity index (χ1n) is 9.68. The van der Waals surface area contributed by atoms with Gasteiger partial charge in [0.1, 0.15) is 0 Å². The molecule has 0 spiro atoms. The monoisotopic (exact) mass is 404 g/mol. The molecule has 0 fully saturated rings. The van der Waals surface area contributed by atoms with E-state index in [9.17, 15) is 15.0 Å². The first kappa shape index (κ1) is 21.3. The van der Waals surface area contributed by atoms with Gasteiger partial charge in [0, 0.05) is 36.7 Å². The smallest absolute Gasteiger partial charge is 0.343 e. The molecule has 3 aromatic rings. The zero-order chi connectivity index (χ0) is 21.6. The number of nitrogens with zero attached hydrogens (tertiary/aromatic N) is 2. The van der Waals surface area contributed by atoms with Crippen LogP contribution in [0.3, 0.4) is 0 Å². The molecule has 0 aliphatic rings. The van der Waals surface area contributed by atoms with E-state index in [2.05, 4.69) is 16.8 Å². The Balaban J connectivity index is 1.68. The first-order valence-corrected chi connectivity index (χ1v) is 9.68. The molecule has 6 nitrogen and oxygen atoms in total. The van der Waals surface area contributed by atoms with Crippen molar-refractivity contribution in [3.8, 4) is 11.8 Å². The summed E-state index contributed by atoms with van der Waals surface area (Å²) < 4.78 is 1.62. The lowest BCUT2D eigenvalue weighted by atomic mass is 10.1. The van der Waals surface area contributed by atoms with Gasteiger partial charge < -0.3 is 19.9 Å². The van der Waals surface area contributed by atoms with Crippen LogP contribution in [-0.4, -0.2) is 37.4 Å². The standard InChI is InChI=1S/C24H24N2O4/c1-24(30,23(28)29)22-25-14-15-26(22)17-21-12-10-20(11-13-21)9-8-19-6-4-18(5-7-19)3-2-16-27/h4-7,10-15,27,30H,2-3,16-17H2,1H3,(H,28,29). The number of hydrogen-bond donors (Lipinski definition) is 3. The molecule has 1 unspecified atom stereocenters. The maximum atomic E-state index is 11.3. The number of aliphatic hydroxyl groups is 2. The molecule has 0 saturated carbocycles. The van der Waals surface area contributed by atoms with Crippen molar-refractivity contribution < 1.29 is 20.1 Å². The second kappa shape index (κ2) is 9.40. The third-order valence-electron chi connectivity index (χ3n) is 4.80. The van der Waals surface area contributed by atoms with Crippen LogP contribution >= 0.6 is 0 Å². The minimum atomic E-state index is -2.05. The molecule has 6 heteroatoms. The van der Waals surface area contributed by atoms with Gasteiger partial charge in [-0.05, 0) is 55.2 Å². The number of aliphatic hydroxyl groups excluding tert-OH is 1. The van der Waals surface area contributed by atoms with Gasteiger partial charge in [0.2, 0.25) is 5.60 Å². The van der Waals surface area contributed by atoms with Crippen LogP contribution in [0, 0.1) is 11.8 Å². The molecule has 154 valence electrons. The second-order valence-corrected chi connectivity index (χ2v) is 7.23. The molecular weight excluding hydrogens is 380 g/mol. The van der Waals surface area contributed by atoms with Gasteiger partial charge in [0.05, 0.1) is 0 Å². The predicted octanol–water partition coefficient (Wildman–Crippen LogP) is 2.55. The highest BCUT2D eigenvalue weighted by Crippen LogP contribution is 2.20. The number of aryl methyl sites for hydroxylation is 1. The van der Waals surface area contributed by atoms with Crippen LogP contribution in [0.25, 0.3) is 0 Å². The zero-order valence-electron chi connectivity index (χ0n) is 16.7. The summed E-state index contributed by atoms with van der Waals surface area (Å²) in [6.45, 7) is 1.80. The van der Waals surface area contributed by atoms with Gasteiger partial charge in [-0.25, -0.2) is 9.78 Å². The number of imidazole rings is 1. The molecule has 1 atom stereocenters. The summed E-state index contributed by atoms with van der Waals surface area (Å²) in [5, 5.41) is 28.3. The molecule has 30 heavy (non-hydrogen) atoms. The molecule has 3 rings (SSSR count). The fourth-order valence-corrected chi connectivity index (χ4v) is 3.03. The normalized spacial score (nSPS) is 12.6. The van der Waals surface area contributed by atoms with E-state index in [0.29, 0.717) is 6.54 Å². The Morgan fingerprint density at radius 1 is 1.03 bits per heavy atom. The third kappa shape index (κ3) is 5.15. The quantitative estimate of drug-likeness (QED) is 0.526. The number of aromatic nitrogens is 2. The highest BCUT2D eigenvalue weighted by molar-refractivity contribution is 5.77. The van der Waals surface area contributed by atoms with Crippen molar-refractivity contribution in [2.75, 3.05) is 6.61 Å².